The number of amides is 1. The van der Waals surface area contributed by atoms with Gasteiger partial charge in [0.15, 0.2) is 6.10 Å². The number of carbonyl (C=O) groups excluding carboxylic acids is 1. The number of carboxylic acid groups (broad SMARTS) is 2. The van der Waals surface area contributed by atoms with Crippen LogP contribution in [0, 0.1) is 0 Å². The van der Waals surface area contributed by atoms with E-state index in [1.54, 1.807) is 0 Å². The molecule has 2 atom stereocenters. The Balaban J connectivity index is 1.74. The number of carboxylic acids is 2. The predicted molar refractivity (Wildman–Crippen MR) is 116 cm³/mol. The highest BCUT2D eigenvalue weighted by Gasteiger charge is 2.23. The lowest BCUT2D eigenvalue weighted by molar-refractivity contribution is -0.147. The van der Waals surface area contributed by atoms with E-state index >= 15 is 0 Å². The first-order valence-corrected chi connectivity index (χ1v) is 10.3. The minimum atomic E-state index is -1.63. The molecule has 0 spiro atoms. The molecule has 1 aromatic heterocycles. The average molecular weight is 439 g/mol. The SMILES string of the molecule is O=C(O)c1ccc(C(=O)NC(Cc2ccc(-c3ccccc3)cc2)C[C@@H](O)C(=O)O)s1. The quantitative estimate of drug-likeness (QED) is 0.406. The third-order valence-electron chi connectivity index (χ3n) is 4.71. The highest BCUT2D eigenvalue weighted by Crippen LogP contribution is 2.21. The number of hydrogen-bond acceptors (Lipinski definition) is 5. The summed E-state index contributed by atoms with van der Waals surface area (Å²) in [5, 5.41) is 30.6. The Bertz CT molecular complexity index is 1060. The summed E-state index contributed by atoms with van der Waals surface area (Å²) >= 11 is 0.832. The normalized spacial score (nSPS) is 12.7. The second-order valence-corrected chi connectivity index (χ2v) is 8.08. The summed E-state index contributed by atoms with van der Waals surface area (Å²) in [5.74, 6) is -3.01. The van der Waals surface area contributed by atoms with Gasteiger partial charge in [0, 0.05) is 12.5 Å². The third kappa shape index (κ3) is 6.00. The van der Waals surface area contributed by atoms with Crippen LogP contribution in [0.3, 0.4) is 0 Å². The van der Waals surface area contributed by atoms with Crippen molar-refractivity contribution in [1.29, 1.82) is 0 Å². The second-order valence-electron chi connectivity index (χ2n) is 7.00. The fourth-order valence-electron chi connectivity index (χ4n) is 3.14. The standard InChI is InChI=1S/C23H21NO6S/c25-18(22(27)28)13-17(24-21(26)19-10-11-20(31-19)23(29)30)12-14-6-8-16(9-7-14)15-4-2-1-3-5-15/h1-11,17-18,25H,12-13H2,(H,24,26)(H,27,28)(H,29,30)/t17?,18-/m1/s1. The highest BCUT2D eigenvalue weighted by molar-refractivity contribution is 7.15. The summed E-state index contributed by atoms with van der Waals surface area (Å²) in [7, 11) is 0. The van der Waals surface area contributed by atoms with Gasteiger partial charge < -0.3 is 20.6 Å². The van der Waals surface area contributed by atoms with Crippen molar-refractivity contribution in [2.45, 2.75) is 25.0 Å². The zero-order valence-corrected chi connectivity index (χ0v) is 17.2. The fraction of sp³-hybridized carbons (Fsp3) is 0.174. The Morgan fingerprint density at radius 1 is 0.839 bits per heavy atom. The smallest absolute Gasteiger partial charge is 0.345 e. The molecule has 0 aliphatic carbocycles. The van der Waals surface area contributed by atoms with Crippen LogP contribution in [-0.2, 0) is 11.2 Å². The monoisotopic (exact) mass is 439 g/mol. The molecule has 1 heterocycles. The molecular weight excluding hydrogens is 418 g/mol. The third-order valence-corrected chi connectivity index (χ3v) is 5.78. The Labute approximate surface area is 182 Å². The van der Waals surface area contributed by atoms with Crippen LogP contribution in [0.1, 0.15) is 31.3 Å². The number of carbonyl (C=O) groups is 3. The molecule has 31 heavy (non-hydrogen) atoms. The largest absolute Gasteiger partial charge is 0.479 e. The van der Waals surface area contributed by atoms with Crippen LogP contribution in [0.25, 0.3) is 11.1 Å². The van der Waals surface area contributed by atoms with Gasteiger partial charge in [0.25, 0.3) is 5.91 Å². The van der Waals surface area contributed by atoms with Crippen molar-refractivity contribution in [2.75, 3.05) is 0 Å². The predicted octanol–water partition coefficient (Wildman–Crippen LogP) is 3.29. The Kier molecular flexibility index (Phi) is 7.17. The molecule has 160 valence electrons. The van der Waals surface area contributed by atoms with Gasteiger partial charge in [-0.05, 0) is 35.2 Å². The molecule has 0 fully saturated rings. The van der Waals surface area contributed by atoms with E-state index in [0.29, 0.717) is 6.42 Å². The Morgan fingerprint density at radius 2 is 1.45 bits per heavy atom. The lowest BCUT2D eigenvalue weighted by atomic mass is 9.98. The maximum atomic E-state index is 12.5. The molecule has 4 N–H and O–H groups in total. The van der Waals surface area contributed by atoms with Crippen molar-refractivity contribution >= 4 is 29.2 Å². The second kappa shape index (κ2) is 10.0. The highest BCUT2D eigenvalue weighted by atomic mass is 32.1. The molecule has 0 aliphatic heterocycles. The van der Waals surface area contributed by atoms with Gasteiger partial charge in [-0.2, -0.15) is 0 Å². The molecule has 0 saturated heterocycles. The molecule has 0 bridgehead atoms. The van der Waals surface area contributed by atoms with E-state index in [0.717, 1.165) is 28.0 Å². The summed E-state index contributed by atoms with van der Waals surface area (Å²) in [4.78, 5) is 34.9. The number of aliphatic carboxylic acids is 1. The number of hydrogen-bond donors (Lipinski definition) is 4. The van der Waals surface area contributed by atoms with E-state index in [1.807, 2.05) is 54.6 Å². The summed E-state index contributed by atoms with van der Waals surface area (Å²) in [6.07, 6.45) is -1.51. The van der Waals surface area contributed by atoms with Crippen LogP contribution in [-0.4, -0.2) is 45.3 Å². The minimum Gasteiger partial charge on any atom is -0.479 e. The van der Waals surface area contributed by atoms with Gasteiger partial charge in [-0.1, -0.05) is 54.6 Å². The first-order chi connectivity index (χ1) is 14.8. The summed E-state index contributed by atoms with van der Waals surface area (Å²) in [6.45, 7) is 0. The number of benzene rings is 2. The molecule has 8 heteroatoms. The Morgan fingerprint density at radius 3 is 2.03 bits per heavy atom. The molecule has 3 aromatic rings. The fourth-order valence-corrected chi connectivity index (χ4v) is 3.89. The minimum absolute atomic E-state index is 0.0313. The first-order valence-electron chi connectivity index (χ1n) is 9.52. The van der Waals surface area contributed by atoms with E-state index in [9.17, 15) is 19.5 Å². The van der Waals surface area contributed by atoms with Gasteiger partial charge >= 0.3 is 11.9 Å². The number of rotatable bonds is 9. The number of nitrogens with one attached hydrogen (secondary N) is 1. The van der Waals surface area contributed by atoms with Gasteiger partial charge in [-0.25, -0.2) is 9.59 Å². The van der Waals surface area contributed by atoms with Crippen molar-refractivity contribution < 1.29 is 29.7 Å². The van der Waals surface area contributed by atoms with E-state index in [2.05, 4.69) is 5.32 Å². The maximum absolute atomic E-state index is 12.5. The molecule has 3 rings (SSSR count). The van der Waals surface area contributed by atoms with Crippen LogP contribution < -0.4 is 5.32 Å². The van der Waals surface area contributed by atoms with Crippen molar-refractivity contribution in [3.8, 4) is 11.1 Å². The van der Waals surface area contributed by atoms with Crippen LogP contribution >= 0.6 is 11.3 Å². The summed E-state index contributed by atoms with van der Waals surface area (Å²) < 4.78 is 0. The molecule has 0 radical (unpaired) electrons. The molecule has 1 amide bonds. The van der Waals surface area contributed by atoms with E-state index in [-0.39, 0.29) is 16.2 Å². The van der Waals surface area contributed by atoms with Gasteiger partial charge in [0.2, 0.25) is 0 Å². The maximum Gasteiger partial charge on any atom is 0.345 e. The lowest BCUT2D eigenvalue weighted by Crippen LogP contribution is -2.40. The van der Waals surface area contributed by atoms with E-state index < -0.39 is 30.0 Å². The van der Waals surface area contributed by atoms with Crippen LogP contribution in [0.2, 0.25) is 0 Å². The van der Waals surface area contributed by atoms with Gasteiger partial charge in [-0.3, -0.25) is 4.79 Å². The van der Waals surface area contributed by atoms with Crippen LogP contribution in [0.5, 0.6) is 0 Å². The molecule has 7 nitrogen and oxygen atoms in total. The van der Waals surface area contributed by atoms with Gasteiger partial charge in [0.1, 0.15) is 4.88 Å². The van der Waals surface area contributed by atoms with E-state index in [1.165, 1.54) is 12.1 Å². The first kappa shape index (κ1) is 22.2. The summed E-state index contributed by atoms with van der Waals surface area (Å²) in [5.41, 5.74) is 2.95. The topological polar surface area (TPSA) is 124 Å². The number of thiophene rings is 1. The van der Waals surface area contributed by atoms with Crippen molar-refractivity contribution in [3.63, 3.8) is 0 Å². The molecule has 0 saturated carbocycles. The Hall–Kier alpha value is -3.49. The molecule has 1 unspecified atom stereocenters. The summed E-state index contributed by atoms with van der Waals surface area (Å²) in [6, 6.07) is 19.6. The van der Waals surface area contributed by atoms with E-state index in [4.69, 9.17) is 10.2 Å². The lowest BCUT2D eigenvalue weighted by Gasteiger charge is -2.20. The van der Waals surface area contributed by atoms with Crippen LogP contribution in [0.4, 0.5) is 0 Å². The molecule has 2 aromatic carbocycles. The molecule has 0 aliphatic rings. The average Bonchev–Trinajstić information content (AvgIpc) is 3.25. The van der Waals surface area contributed by atoms with Crippen molar-refractivity contribution in [3.05, 3.63) is 82.0 Å². The van der Waals surface area contributed by atoms with Crippen molar-refractivity contribution in [1.82, 2.24) is 5.32 Å². The van der Waals surface area contributed by atoms with Gasteiger partial charge in [0.05, 0.1) is 4.88 Å². The van der Waals surface area contributed by atoms with Gasteiger partial charge in [-0.15, -0.1) is 11.3 Å². The zero-order valence-electron chi connectivity index (χ0n) is 16.4. The number of aromatic carboxylic acids is 1. The molecular formula is C23H21NO6S. The van der Waals surface area contributed by atoms with Crippen LogP contribution in [0.15, 0.2) is 66.7 Å². The number of aliphatic hydroxyl groups is 1. The zero-order chi connectivity index (χ0) is 22.4. The van der Waals surface area contributed by atoms with Crippen molar-refractivity contribution in [2.24, 2.45) is 0 Å². The number of aliphatic hydroxyl groups excluding tert-OH is 1.